The molecule has 3 unspecified atom stereocenters. The summed E-state index contributed by atoms with van der Waals surface area (Å²) in [5.41, 5.74) is 1.90. The molecule has 0 saturated carbocycles. The lowest BCUT2D eigenvalue weighted by molar-refractivity contribution is 0.361. The lowest BCUT2D eigenvalue weighted by Gasteiger charge is -2.41. The topological polar surface area (TPSA) is 15.3 Å². The van der Waals surface area contributed by atoms with Gasteiger partial charge in [-0.05, 0) is 57.7 Å². The van der Waals surface area contributed by atoms with Gasteiger partial charge in [0.25, 0.3) is 0 Å². The maximum absolute atomic E-state index is 14.4. The Morgan fingerprint density at radius 3 is 2.86 bits per heavy atom. The first-order chi connectivity index (χ1) is 10.1. The third kappa shape index (κ3) is 3.57. The highest BCUT2D eigenvalue weighted by Gasteiger charge is 2.28. The van der Waals surface area contributed by atoms with E-state index in [2.05, 4.69) is 44.0 Å². The van der Waals surface area contributed by atoms with Crippen molar-refractivity contribution in [2.75, 3.05) is 18.0 Å². The van der Waals surface area contributed by atoms with E-state index in [0.29, 0.717) is 12.0 Å². The maximum atomic E-state index is 14.4. The molecule has 1 aliphatic rings. The fraction of sp³-hybridized carbons (Fsp3) is 0.667. The second kappa shape index (κ2) is 7.26. The van der Waals surface area contributed by atoms with Crippen molar-refractivity contribution >= 4 is 5.69 Å². The molecular weight excluding hydrogens is 263 g/mol. The summed E-state index contributed by atoms with van der Waals surface area (Å²) in [4.78, 5) is 2.40. The number of rotatable bonds is 5. The van der Waals surface area contributed by atoms with E-state index >= 15 is 0 Å². The number of nitrogens with one attached hydrogen (secondary N) is 1. The van der Waals surface area contributed by atoms with Gasteiger partial charge in [0.05, 0.1) is 0 Å². The lowest BCUT2D eigenvalue weighted by atomic mass is 9.90. The van der Waals surface area contributed by atoms with Crippen molar-refractivity contribution in [1.82, 2.24) is 5.32 Å². The highest BCUT2D eigenvalue weighted by Crippen LogP contribution is 2.34. The first-order valence-corrected chi connectivity index (χ1v) is 8.34. The third-order valence-electron chi connectivity index (χ3n) is 4.85. The van der Waals surface area contributed by atoms with Gasteiger partial charge in [-0.2, -0.15) is 0 Å². The Bertz CT molecular complexity index is 461. The average Bonchev–Trinajstić information content (AvgIpc) is 2.47. The molecular formula is C18H29FN2. The standard InChI is InChI=1S/C18H29FN2/c1-5-11-20-14(3)18-16(19)9-6-10-17(18)21-12-7-8-13(2)15(21)4/h6,9-10,13-15,20H,5,7-8,11-12H2,1-4H3. The SMILES string of the molecule is CCCNC(C)c1c(F)cccc1N1CCCC(C)C1C. The molecule has 2 nitrogen and oxygen atoms in total. The van der Waals surface area contributed by atoms with Crippen LogP contribution in [0.2, 0.25) is 0 Å². The summed E-state index contributed by atoms with van der Waals surface area (Å²) >= 11 is 0. The van der Waals surface area contributed by atoms with Crippen molar-refractivity contribution in [3.8, 4) is 0 Å². The van der Waals surface area contributed by atoms with Gasteiger partial charge in [-0.25, -0.2) is 4.39 Å². The number of hydrogen-bond acceptors (Lipinski definition) is 2. The molecule has 21 heavy (non-hydrogen) atoms. The molecule has 1 saturated heterocycles. The fourth-order valence-electron chi connectivity index (χ4n) is 3.34. The molecule has 2 rings (SSSR count). The molecule has 1 aromatic rings. The van der Waals surface area contributed by atoms with Crippen LogP contribution in [0.3, 0.4) is 0 Å². The van der Waals surface area contributed by atoms with Crippen molar-refractivity contribution in [3.05, 3.63) is 29.6 Å². The van der Waals surface area contributed by atoms with Crippen LogP contribution in [-0.2, 0) is 0 Å². The highest BCUT2D eigenvalue weighted by molar-refractivity contribution is 5.56. The van der Waals surface area contributed by atoms with Crippen LogP contribution >= 0.6 is 0 Å². The number of halogens is 1. The number of anilines is 1. The van der Waals surface area contributed by atoms with Gasteiger partial charge in [0.15, 0.2) is 0 Å². The Morgan fingerprint density at radius 1 is 1.38 bits per heavy atom. The maximum Gasteiger partial charge on any atom is 0.130 e. The molecule has 1 aliphatic heterocycles. The van der Waals surface area contributed by atoms with Crippen molar-refractivity contribution in [2.45, 2.75) is 59.0 Å². The van der Waals surface area contributed by atoms with Gasteiger partial charge in [0, 0.05) is 29.9 Å². The number of hydrogen-bond donors (Lipinski definition) is 1. The first kappa shape index (κ1) is 16.3. The number of piperidine rings is 1. The highest BCUT2D eigenvalue weighted by atomic mass is 19.1. The van der Waals surface area contributed by atoms with Gasteiger partial charge in [-0.1, -0.05) is 19.9 Å². The zero-order valence-corrected chi connectivity index (χ0v) is 13.8. The lowest BCUT2D eigenvalue weighted by Crippen LogP contribution is -2.43. The molecule has 0 bridgehead atoms. The Hall–Kier alpha value is -1.09. The van der Waals surface area contributed by atoms with Crippen LogP contribution in [-0.4, -0.2) is 19.1 Å². The largest absolute Gasteiger partial charge is 0.368 e. The summed E-state index contributed by atoms with van der Waals surface area (Å²) in [6.45, 7) is 10.7. The van der Waals surface area contributed by atoms with E-state index < -0.39 is 0 Å². The summed E-state index contributed by atoms with van der Waals surface area (Å²) in [6, 6.07) is 6.02. The summed E-state index contributed by atoms with van der Waals surface area (Å²) in [5.74, 6) is 0.572. The smallest absolute Gasteiger partial charge is 0.130 e. The molecule has 118 valence electrons. The van der Waals surface area contributed by atoms with Gasteiger partial charge in [-0.15, -0.1) is 0 Å². The van der Waals surface area contributed by atoms with Gasteiger partial charge in [0.2, 0.25) is 0 Å². The Balaban J connectivity index is 2.32. The Labute approximate surface area is 128 Å². The molecule has 0 aliphatic carbocycles. The van der Waals surface area contributed by atoms with Gasteiger partial charge in [-0.3, -0.25) is 0 Å². The molecule has 0 aromatic heterocycles. The molecule has 0 radical (unpaired) electrons. The number of benzene rings is 1. The molecule has 1 fully saturated rings. The zero-order valence-electron chi connectivity index (χ0n) is 13.8. The van der Waals surface area contributed by atoms with Crippen LogP contribution in [0, 0.1) is 11.7 Å². The van der Waals surface area contributed by atoms with Crippen LogP contribution in [0.15, 0.2) is 18.2 Å². The van der Waals surface area contributed by atoms with Gasteiger partial charge < -0.3 is 10.2 Å². The fourth-order valence-corrected chi connectivity index (χ4v) is 3.34. The van der Waals surface area contributed by atoms with E-state index in [4.69, 9.17) is 0 Å². The van der Waals surface area contributed by atoms with Crippen molar-refractivity contribution < 1.29 is 4.39 Å². The van der Waals surface area contributed by atoms with Crippen molar-refractivity contribution in [1.29, 1.82) is 0 Å². The summed E-state index contributed by atoms with van der Waals surface area (Å²) in [7, 11) is 0. The summed E-state index contributed by atoms with van der Waals surface area (Å²) in [5, 5.41) is 3.43. The molecule has 1 N–H and O–H groups in total. The first-order valence-electron chi connectivity index (χ1n) is 8.34. The molecule has 0 spiro atoms. The molecule has 3 heteroatoms. The minimum Gasteiger partial charge on any atom is -0.368 e. The van der Waals surface area contributed by atoms with Crippen molar-refractivity contribution in [2.24, 2.45) is 5.92 Å². The molecule has 1 heterocycles. The van der Waals surface area contributed by atoms with E-state index in [1.165, 1.54) is 12.8 Å². The van der Waals surface area contributed by atoms with Crippen molar-refractivity contribution in [3.63, 3.8) is 0 Å². The summed E-state index contributed by atoms with van der Waals surface area (Å²) < 4.78 is 14.4. The van der Waals surface area contributed by atoms with Crippen LogP contribution in [0.25, 0.3) is 0 Å². The monoisotopic (exact) mass is 292 g/mol. The second-order valence-corrected chi connectivity index (χ2v) is 6.40. The van der Waals surface area contributed by atoms with Crippen LogP contribution in [0.5, 0.6) is 0 Å². The second-order valence-electron chi connectivity index (χ2n) is 6.40. The minimum absolute atomic E-state index is 0.0468. The molecule has 3 atom stereocenters. The van der Waals surface area contributed by atoms with Gasteiger partial charge >= 0.3 is 0 Å². The van der Waals surface area contributed by atoms with E-state index in [1.54, 1.807) is 6.07 Å². The van der Waals surface area contributed by atoms with E-state index in [-0.39, 0.29) is 11.9 Å². The Morgan fingerprint density at radius 2 is 2.14 bits per heavy atom. The van der Waals surface area contributed by atoms with Crippen LogP contribution in [0.1, 0.15) is 58.6 Å². The van der Waals surface area contributed by atoms with Crippen LogP contribution < -0.4 is 10.2 Å². The zero-order chi connectivity index (χ0) is 15.4. The van der Waals surface area contributed by atoms with Crippen LogP contribution in [0.4, 0.5) is 10.1 Å². The van der Waals surface area contributed by atoms with E-state index in [9.17, 15) is 4.39 Å². The Kier molecular flexibility index (Phi) is 5.63. The quantitative estimate of drug-likeness (QED) is 0.859. The predicted octanol–water partition coefficient (Wildman–Crippen LogP) is 4.51. The normalized spacial score (nSPS) is 24.1. The average molecular weight is 292 g/mol. The minimum atomic E-state index is -0.0889. The van der Waals surface area contributed by atoms with Gasteiger partial charge in [0.1, 0.15) is 5.82 Å². The predicted molar refractivity (Wildman–Crippen MR) is 88.3 cm³/mol. The molecule has 0 amide bonds. The summed E-state index contributed by atoms with van der Waals surface area (Å²) in [6.07, 6.45) is 3.52. The molecule has 1 aromatic carbocycles. The van der Waals surface area contributed by atoms with E-state index in [1.807, 2.05) is 6.07 Å². The third-order valence-corrected chi connectivity index (χ3v) is 4.85. The van der Waals surface area contributed by atoms with E-state index in [0.717, 1.165) is 30.8 Å². The number of nitrogens with zero attached hydrogens (tertiary/aromatic N) is 1.